The third-order valence-electron chi connectivity index (χ3n) is 3.18. The van der Waals surface area contributed by atoms with Crippen LogP contribution in [0.2, 0.25) is 0 Å². The molecule has 0 aliphatic heterocycles. The summed E-state index contributed by atoms with van der Waals surface area (Å²) in [5, 5.41) is 2.60. The van der Waals surface area contributed by atoms with Gasteiger partial charge in [-0.2, -0.15) is 0 Å². The van der Waals surface area contributed by atoms with Crippen LogP contribution in [0.15, 0.2) is 60.7 Å². The molecule has 18 heavy (non-hydrogen) atoms. The van der Waals surface area contributed by atoms with E-state index in [1.165, 1.54) is 10.4 Å². The minimum Gasteiger partial charge on any atom is -0.427 e. The van der Waals surface area contributed by atoms with E-state index in [1.807, 2.05) is 19.2 Å². The van der Waals surface area contributed by atoms with Gasteiger partial charge in [0.15, 0.2) is 9.28 Å². The van der Waals surface area contributed by atoms with Crippen molar-refractivity contribution in [1.29, 1.82) is 0 Å². The summed E-state index contributed by atoms with van der Waals surface area (Å²) in [5.41, 5.74) is 0. The van der Waals surface area contributed by atoms with E-state index in [9.17, 15) is 0 Å². The van der Waals surface area contributed by atoms with E-state index < -0.39 is 17.1 Å². The first-order chi connectivity index (χ1) is 8.83. The Hall–Kier alpha value is -1.21. The molecule has 0 saturated heterocycles. The molecule has 2 nitrogen and oxygen atoms in total. The minimum atomic E-state index is -2.11. The average Bonchev–Trinajstić information content (AvgIpc) is 2.47. The summed E-state index contributed by atoms with van der Waals surface area (Å²) in [5.74, 6) is 0. The fourth-order valence-corrected chi connectivity index (χ4v) is 9.36. The zero-order valence-electron chi connectivity index (χ0n) is 10.8. The third-order valence-corrected chi connectivity index (χ3v) is 12.5. The quantitative estimate of drug-likeness (QED) is 0.744. The molecule has 0 bridgehead atoms. The maximum absolute atomic E-state index is 6.03. The maximum Gasteiger partial charge on any atom is 0.263 e. The smallest absolute Gasteiger partial charge is 0.263 e. The Bertz CT molecular complexity index is 434. The molecule has 2 aromatic carbocycles. The molecule has 0 unspecified atom stereocenters. The molecule has 0 atom stereocenters. The summed E-state index contributed by atoms with van der Waals surface area (Å²) in [6.07, 6.45) is 0. The Balaban J connectivity index is 2.53. The maximum atomic E-state index is 6.03. The van der Waals surface area contributed by atoms with E-state index in [0.717, 1.165) is 0 Å². The van der Waals surface area contributed by atoms with Gasteiger partial charge in [-0.1, -0.05) is 60.7 Å². The van der Waals surface area contributed by atoms with Crippen LogP contribution in [0.4, 0.5) is 0 Å². The molecule has 94 valence electrons. The first-order valence-corrected chi connectivity index (χ1v) is 10.8. The molecule has 0 saturated carbocycles. The van der Waals surface area contributed by atoms with Crippen molar-refractivity contribution in [2.24, 2.45) is 0 Å². The summed E-state index contributed by atoms with van der Waals surface area (Å²) >= 11 is 0. The van der Waals surface area contributed by atoms with Crippen LogP contribution in [0.1, 0.15) is 0 Å². The van der Waals surface area contributed by atoms with E-state index in [4.69, 9.17) is 8.85 Å². The summed E-state index contributed by atoms with van der Waals surface area (Å²) in [6, 6.07) is 21.0. The van der Waals surface area contributed by atoms with E-state index in [2.05, 4.69) is 48.5 Å². The topological polar surface area (TPSA) is 18.5 Å². The van der Waals surface area contributed by atoms with Gasteiger partial charge in [-0.15, -0.1) is 0 Å². The highest BCUT2D eigenvalue weighted by Crippen LogP contribution is 2.05. The highest BCUT2D eigenvalue weighted by molar-refractivity contribution is 7.32. The van der Waals surface area contributed by atoms with Crippen molar-refractivity contribution in [3.05, 3.63) is 60.7 Å². The highest BCUT2D eigenvalue weighted by Gasteiger charge is 2.39. The number of rotatable bonds is 5. The van der Waals surface area contributed by atoms with Crippen molar-refractivity contribution in [1.82, 2.24) is 0 Å². The van der Waals surface area contributed by atoms with Crippen molar-refractivity contribution in [2.75, 3.05) is 14.2 Å². The van der Waals surface area contributed by atoms with Gasteiger partial charge in [-0.05, 0) is 10.4 Å². The lowest BCUT2D eigenvalue weighted by Crippen LogP contribution is -2.65. The SMILES string of the molecule is CO[SiH2][Si](OC)(c1ccccc1)c1ccccc1. The summed E-state index contributed by atoms with van der Waals surface area (Å²) in [7, 11) is 0.752. The highest BCUT2D eigenvalue weighted by atomic mass is 29.2. The van der Waals surface area contributed by atoms with E-state index in [1.54, 1.807) is 7.11 Å². The molecule has 2 rings (SSSR count). The largest absolute Gasteiger partial charge is 0.427 e. The molecular weight excluding hydrogens is 256 g/mol. The van der Waals surface area contributed by atoms with Crippen LogP contribution in [0, 0.1) is 0 Å². The van der Waals surface area contributed by atoms with Gasteiger partial charge in [0, 0.05) is 14.2 Å². The molecule has 0 aliphatic carbocycles. The Morgan fingerprint density at radius 1 is 0.778 bits per heavy atom. The standard InChI is InChI=1S/C14H18O2Si2/c1-15-17-18(16-2,13-9-5-3-6-10-13)14-11-7-4-8-12-14/h3-12H,17H2,1-2H3. The summed E-state index contributed by atoms with van der Waals surface area (Å²) in [6.45, 7) is 0. The Labute approximate surface area is 111 Å². The zero-order chi connectivity index (χ0) is 12.8. The van der Waals surface area contributed by atoms with Crippen LogP contribution in [0.3, 0.4) is 0 Å². The van der Waals surface area contributed by atoms with Crippen molar-refractivity contribution in [3.63, 3.8) is 0 Å². The second-order valence-corrected chi connectivity index (χ2v) is 12.1. The normalized spacial score (nSPS) is 12.1. The lowest BCUT2D eigenvalue weighted by atomic mass is 10.4. The van der Waals surface area contributed by atoms with Gasteiger partial charge in [0.1, 0.15) is 0 Å². The van der Waals surface area contributed by atoms with Crippen LogP contribution < -0.4 is 10.4 Å². The van der Waals surface area contributed by atoms with Gasteiger partial charge < -0.3 is 8.85 Å². The van der Waals surface area contributed by atoms with Crippen LogP contribution >= 0.6 is 0 Å². The summed E-state index contributed by atoms with van der Waals surface area (Å²) < 4.78 is 11.6. The van der Waals surface area contributed by atoms with Gasteiger partial charge in [-0.3, -0.25) is 0 Å². The van der Waals surface area contributed by atoms with Crippen molar-refractivity contribution in [2.45, 2.75) is 0 Å². The van der Waals surface area contributed by atoms with Crippen LogP contribution in [-0.2, 0) is 8.85 Å². The molecule has 0 N–H and O–H groups in total. The van der Waals surface area contributed by atoms with Gasteiger partial charge in [0.25, 0.3) is 7.83 Å². The van der Waals surface area contributed by atoms with Crippen molar-refractivity contribution < 1.29 is 8.85 Å². The Kier molecular flexibility index (Phi) is 4.49. The Morgan fingerprint density at radius 3 is 1.56 bits per heavy atom. The molecular formula is C14H18O2Si2. The van der Waals surface area contributed by atoms with Crippen molar-refractivity contribution >= 4 is 27.5 Å². The molecule has 0 aromatic heterocycles. The molecule has 0 radical (unpaired) electrons. The lowest BCUT2D eigenvalue weighted by molar-refractivity contribution is 0.408. The van der Waals surface area contributed by atoms with Crippen LogP contribution in [0.25, 0.3) is 0 Å². The lowest BCUT2D eigenvalue weighted by Gasteiger charge is -2.29. The third kappa shape index (κ3) is 2.46. The molecule has 0 fully saturated rings. The fourth-order valence-electron chi connectivity index (χ4n) is 2.25. The second-order valence-electron chi connectivity index (χ2n) is 4.20. The number of hydrogen-bond donors (Lipinski definition) is 0. The molecule has 2 aromatic rings. The van der Waals surface area contributed by atoms with E-state index in [0.29, 0.717) is 0 Å². The monoisotopic (exact) mass is 274 g/mol. The number of hydrogen-bond acceptors (Lipinski definition) is 2. The van der Waals surface area contributed by atoms with Gasteiger partial charge in [-0.25, -0.2) is 0 Å². The average molecular weight is 274 g/mol. The molecule has 4 heteroatoms. The molecule has 0 aliphatic rings. The predicted molar refractivity (Wildman–Crippen MR) is 80.5 cm³/mol. The van der Waals surface area contributed by atoms with E-state index >= 15 is 0 Å². The Morgan fingerprint density at radius 2 is 1.22 bits per heavy atom. The second kappa shape index (κ2) is 6.11. The van der Waals surface area contributed by atoms with Crippen molar-refractivity contribution in [3.8, 4) is 0 Å². The fraction of sp³-hybridized carbons (Fsp3) is 0.143. The predicted octanol–water partition coefficient (Wildman–Crippen LogP) is 0.620. The molecule has 0 spiro atoms. The minimum absolute atomic E-state index is 0.751. The zero-order valence-corrected chi connectivity index (χ0v) is 13.2. The van der Waals surface area contributed by atoms with Crippen LogP contribution in [-0.4, -0.2) is 31.3 Å². The van der Waals surface area contributed by atoms with Gasteiger partial charge >= 0.3 is 0 Å². The van der Waals surface area contributed by atoms with Crippen LogP contribution in [0.5, 0.6) is 0 Å². The molecule has 0 amide bonds. The number of benzene rings is 2. The van der Waals surface area contributed by atoms with Gasteiger partial charge in [0.2, 0.25) is 0 Å². The molecule has 0 heterocycles. The first-order valence-electron chi connectivity index (χ1n) is 5.98. The van der Waals surface area contributed by atoms with Gasteiger partial charge in [0.05, 0.1) is 0 Å². The first kappa shape index (κ1) is 13.2. The summed E-state index contributed by atoms with van der Waals surface area (Å²) in [4.78, 5) is 0. The van der Waals surface area contributed by atoms with E-state index in [-0.39, 0.29) is 0 Å².